The van der Waals surface area contributed by atoms with Crippen molar-refractivity contribution in [2.45, 2.75) is 12.8 Å². The van der Waals surface area contributed by atoms with E-state index in [9.17, 15) is 4.39 Å². The van der Waals surface area contributed by atoms with Gasteiger partial charge in [0.25, 0.3) is 0 Å². The predicted molar refractivity (Wildman–Crippen MR) is 127 cm³/mol. The SMILES string of the molecule is CNc1ncc(-c2ccc3c(CCCN4CCNCC4)cn(-c4cscn4)c3n2)cc1F. The highest BCUT2D eigenvalue weighted by molar-refractivity contribution is 7.07. The lowest BCUT2D eigenvalue weighted by Gasteiger charge is -2.26. The summed E-state index contributed by atoms with van der Waals surface area (Å²) in [5.74, 6) is 0.690. The van der Waals surface area contributed by atoms with Crippen LogP contribution in [0.15, 0.2) is 41.5 Å². The van der Waals surface area contributed by atoms with E-state index in [1.807, 2.05) is 21.5 Å². The molecule has 0 aromatic carbocycles. The number of anilines is 1. The van der Waals surface area contributed by atoms with Crippen LogP contribution in [0.1, 0.15) is 12.0 Å². The fourth-order valence-electron chi connectivity index (χ4n) is 4.22. The Morgan fingerprint density at radius 3 is 2.84 bits per heavy atom. The van der Waals surface area contributed by atoms with Crippen LogP contribution in [-0.4, -0.2) is 64.2 Å². The Labute approximate surface area is 190 Å². The number of rotatable bonds is 7. The number of fused-ring (bicyclic) bond motifs is 1. The monoisotopic (exact) mass is 451 g/mol. The molecule has 4 aromatic rings. The molecule has 1 fully saturated rings. The zero-order valence-corrected chi connectivity index (χ0v) is 18.8. The largest absolute Gasteiger partial charge is 0.371 e. The molecule has 0 unspecified atom stereocenters. The number of pyridine rings is 2. The molecule has 0 amide bonds. The summed E-state index contributed by atoms with van der Waals surface area (Å²) in [5.41, 5.74) is 5.26. The standard InChI is InChI=1S/C23H26FN7S/c1-25-22-19(24)11-17(12-27-22)20-5-4-18-16(3-2-8-30-9-6-26-7-10-30)13-31(23(18)29-20)21-14-32-15-28-21/h4-5,11-15,26H,2-3,6-10H2,1H3,(H,25,27). The molecule has 0 saturated carbocycles. The molecule has 0 radical (unpaired) electrons. The van der Waals surface area contributed by atoms with Gasteiger partial charge < -0.3 is 15.5 Å². The molecule has 0 aliphatic carbocycles. The van der Waals surface area contributed by atoms with Crippen LogP contribution in [0.5, 0.6) is 0 Å². The van der Waals surface area contributed by atoms with Crippen molar-refractivity contribution in [2.24, 2.45) is 0 Å². The minimum absolute atomic E-state index is 0.229. The summed E-state index contributed by atoms with van der Waals surface area (Å²) in [6.07, 6.45) is 5.87. The van der Waals surface area contributed by atoms with Gasteiger partial charge in [-0.2, -0.15) is 0 Å². The molecule has 32 heavy (non-hydrogen) atoms. The summed E-state index contributed by atoms with van der Waals surface area (Å²) in [4.78, 5) is 16.1. The molecule has 1 aliphatic rings. The molecule has 0 bridgehead atoms. The fourth-order valence-corrected chi connectivity index (χ4v) is 4.74. The minimum Gasteiger partial charge on any atom is -0.371 e. The quantitative estimate of drug-likeness (QED) is 0.448. The number of hydrogen-bond donors (Lipinski definition) is 2. The van der Waals surface area contributed by atoms with Gasteiger partial charge in [-0.3, -0.25) is 4.57 Å². The Balaban J connectivity index is 1.47. The number of piperazine rings is 1. The fraction of sp³-hybridized carbons (Fsp3) is 0.348. The number of hydrogen-bond acceptors (Lipinski definition) is 7. The molecule has 166 valence electrons. The highest BCUT2D eigenvalue weighted by Crippen LogP contribution is 2.28. The zero-order valence-electron chi connectivity index (χ0n) is 18.0. The van der Waals surface area contributed by atoms with Gasteiger partial charge in [0, 0.05) is 62.0 Å². The van der Waals surface area contributed by atoms with Gasteiger partial charge in [-0.25, -0.2) is 19.3 Å². The Kier molecular flexibility index (Phi) is 6.11. The summed E-state index contributed by atoms with van der Waals surface area (Å²) in [6.45, 7) is 5.46. The summed E-state index contributed by atoms with van der Waals surface area (Å²) >= 11 is 1.56. The van der Waals surface area contributed by atoms with E-state index in [1.54, 1.807) is 24.6 Å². The summed E-state index contributed by atoms with van der Waals surface area (Å²) in [6, 6.07) is 5.51. The van der Waals surface area contributed by atoms with Crippen molar-refractivity contribution in [2.75, 3.05) is 45.1 Å². The predicted octanol–water partition coefficient (Wildman–Crippen LogP) is 3.56. The van der Waals surface area contributed by atoms with Crippen molar-refractivity contribution in [1.82, 2.24) is 29.7 Å². The molecule has 4 aromatic heterocycles. The first-order chi connectivity index (χ1) is 15.7. The van der Waals surface area contributed by atoms with Gasteiger partial charge in [-0.15, -0.1) is 11.3 Å². The van der Waals surface area contributed by atoms with Gasteiger partial charge in [0.1, 0.15) is 11.5 Å². The van der Waals surface area contributed by atoms with Gasteiger partial charge in [-0.05, 0) is 43.1 Å². The normalized spacial score (nSPS) is 14.8. The molecule has 9 heteroatoms. The third-order valence-electron chi connectivity index (χ3n) is 5.90. The number of halogens is 1. The van der Waals surface area contributed by atoms with E-state index >= 15 is 0 Å². The summed E-state index contributed by atoms with van der Waals surface area (Å²) < 4.78 is 16.3. The van der Waals surface area contributed by atoms with Crippen LogP contribution >= 0.6 is 11.3 Å². The van der Waals surface area contributed by atoms with E-state index in [4.69, 9.17) is 4.98 Å². The van der Waals surface area contributed by atoms with Gasteiger partial charge in [0.2, 0.25) is 0 Å². The van der Waals surface area contributed by atoms with E-state index in [-0.39, 0.29) is 5.82 Å². The Morgan fingerprint density at radius 2 is 2.09 bits per heavy atom. The van der Waals surface area contributed by atoms with Gasteiger partial charge in [0.15, 0.2) is 11.6 Å². The second kappa shape index (κ2) is 9.32. The topological polar surface area (TPSA) is 70.9 Å². The van der Waals surface area contributed by atoms with Crippen LogP contribution in [0.4, 0.5) is 10.2 Å². The van der Waals surface area contributed by atoms with E-state index in [0.717, 1.165) is 62.4 Å². The van der Waals surface area contributed by atoms with Crippen LogP contribution in [-0.2, 0) is 6.42 Å². The molecule has 5 rings (SSSR count). The lowest BCUT2D eigenvalue weighted by atomic mass is 10.1. The molecule has 0 atom stereocenters. The first-order valence-corrected chi connectivity index (χ1v) is 11.8. The first kappa shape index (κ1) is 21.0. The van der Waals surface area contributed by atoms with Crippen LogP contribution in [0, 0.1) is 5.82 Å². The summed E-state index contributed by atoms with van der Waals surface area (Å²) in [5, 5.41) is 9.29. The molecular formula is C23H26FN7S. The Hall–Kier alpha value is -2.88. The van der Waals surface area contributed by atoms with E-state index in [1.165, 1.54) is 11.6 Å². The lowest BCUT2D eigenvalue weighted by Crippen LogP contribution is -2.43. The third-order valence-corrected chi connectivity index (χ3v) is 6.48. The van der Waals surface area contributed by atoms with E-state index < -0.39 is 5.82 Å². The number of nitrogens with zero attached hydrogens (tertiary/aromatic N) is 5. The second-order valence-electron chi connectivity index (χ2n) is 7.94. The van der Waals surface area contributed by atoms with Crippen molar-refractivity contribution in [1.29, 1.82) is 0 Å². The van der Waals surface area contributed by atoms with Gasteiger partial charge in [0.05, 0.1) is 11.2 Å². The maximum Gasteiger partial charge on any atom is 0.166 e. The molecule has 5 heterocycles. The van der Waals surface area contributed by atoms with Crippen molar-refractivity contribution in [3.63, 3.8) is 0 Å². The number of aryl methyl sites for hydroxylation is 1. The summed E-state index contributed by atoms with van der Waals surface area (Å²) in [7, 11) is 1.65. The highest BCUT2D eigenvalue weighted by Gasteiger charge is 2.16. The van der Waals surface area contributed by atoms with Crippen LogP contribution in [0.25, 0.3) is 28.1 Å². The Bertz CT molecular complexity index is 1200. The number of thiazole rings is 1. The van der Waals surface area contributed by atoms with E-state index in [0.29, 0.717) is 11.3 Å². The molecule has 0 spiro atoms. The maximum atomic E-state index is 14.3. The highest BCUT2D eigenvalue weighted by atomic mass is 32.1. The molecule has 2 N–H and O–H groups in total. The smallest absolute Gasteiger partial charge is 0.166 e. The second-order valence-corrected chi connectivity index (χ2v) is 8.66. The van der Waals surface area contributed by atoms with Crippen molar-refractivity contribution >= 4 is 28.2 Å². The van der Waals surface area contributed by atoms with E-state index in [2.05, 4.69) is 37.8 Å². The molecule has 1 saturated heterocycles. The molecule has 7 nitrogen and oxygen atoms in total. The minimum atomic E-state index is -0.393. The van der Waals surface area contributed by atoms with Crippen molar-refractivity contribution < 1.29 is 4.39 Å². The van der Waals surface area contributed by atoms with Crippen molar-refractivity contribution in [3.8, 4) is 17.1 Å². The van der Waals surface area contributed by atoms with Crippen LogP contribution in [0.3, 0.4) is 0 Å². The molecular weight excluding hydrogens is 425 g/mol. The van der Waals surface area contributed by atoms with Crippen molar-refractivity contribution in [3.05, 3.63) is 52.9 Å². The first-order valence-electron chi connectivity index (χ1n) is 10.9. The average Bonchev–Trinajstić information content (AvgIpc) is 3.48. The van der Waals surface area contributed by atoms with Gasteiger partial charge >= 0.3 is 0 Å². The maximum absolute atomic E-state index is 14.3. The average molecular weight is 452 g/mol. The third kappa shape index (κ3) is 4.23. The van der Waals surface area contributed by atoms with Crippen LogP contribution in [0.2, 0.25) is 0 Å². The molecule has 1 aliphatic heterocycles. The van der Waals surface area contributed by atoms with Crippen LogP contribution < -0.4 is 10.6 Å². The van der Waals surface area contributed by atoms with Gasteiger partial charge in [-0.1, -0.05) is 0 Å². The number of aromatic nitrogens is 4. The lowest BCUT2D eigenvalue weighted by molar-refractivity contribution is 0.238. The number of nitrogens with one attached hydrogen (secondary N) is 2. The Morgan fingerprint density at radius 1 is 1.22 bits per heavy atom. The zero-order chi connectivity index (χ0) is 21.9.